The van der Waals surface area contributed by atoms with Gasteiger partial charge in [0.25, 0.3) is 0 Å². The van der Waals surface area contributed by atoms with Gasteiger partial charge in [-0.3, -0.25) is 9.79 Å². The van der Waals surface area contributed by atoms with Crippen LogP contribution in [-0.2, 0) is 9.53 Å². The van der Waals surface area contributed by atoms with Crippen molar-refractivity contribution in [2.45, 2.75) is 52.7 Å². The van der Waals surface area contributed by atoms with E-state index in [2.05, 4.69) is 29.5 Å². The summed E-state index contributed by atoms with van der Waals surface area (Å²) in [7, 11) is 0. The molecule has 0 saturated carbocycles. The number of amides is 1. The van der Waals surface area contributed by atoms with Crippen molar-refractivity contribution < 1.29 is 14.6 Å². The van der Waals surface area contributed by atoms with Crippen LogP contribution in [0.1, 0.15) is 40.5 Å². The van der Waals surface area contributed by atoms with Gasteiger partial charge in [0.1, 0.15) is 0 Å². The fraction of sp³-hybridized carbons (Fsp3) is 0.882. The molecule has 2 atom stereocenters. The maximum absolute atomic E-state index is 11.7. The third kappa shape index (κ3) is 10.2. The lowest BCUT2D eigenvalue weighted by Gasteiger charge is -2.19. The molecular weight excluding hydrogens is 435 g/mol. The summed E-state index contributed by atoms with van der Waals surface area (Å²) >= 11 is 0. The highest BCUT2D eigenvalue weighted by atomic mass is 127. The molecule has 3 N–H and O–H groups in total. The van der Waals surface area contributed by atoms with Gasteiger partial charge in [0.2, 0.25) is 5.91 Å². The van der Waals surface area contributed by atoms with Gasteiger partial charge in [0.15, 0.2) is 5.96 Å². The van der Waals surface area contributed by atoms with Crippen molar-refractivity contribution >= 4 is 35.8 Å². The van der Waals surface area contributed by atoms with Crippen molar-refractivity contribution in [2.24, 2.45) is 10.9 Å². The number of nitrogens with zero attached hydrogens (tertiary/aromatic N) is 2. The summed E-state index contributed by atoms with van der Waals surface area (Å²) in [4.78, 5) is 18.1. The van der Waals surface area contributed by atoms with Gasteiger partial charge >= 0.3 is 0 Å². The van der Waals surface area contributed by atoms with Crippen LogP contribution in [0.5, 0.6) is 0 Å². The van der Waals surface area contributed by atoms with Crippen LogP contribution in [0.4, 0.5) is 0 Å². The molecule has 0 bridgehead atoms. The van der Waals surface area contributed by atoms with Crippen LogP contribution in [-0.4, -0.2) is 73.4 Å². The molecule has 7 nitrogen and oxygen atoms in total. The number of likely N-dealkylation sites (tertiary alicyclic amines) is 1. The molecule has 148 valence electrons. The monoisotopic (exact) mass is 470 g/mol. The number of ether oxygens (including phenoxy) is 1. The van der Waals surface area contributed by atoms with E-state index >= 15 is 0 Å². The third-order valence-electron chi connectivity index (χ3n) is 3.75. The number of aliphatic hydroxyl groups is 1. The minimum Gasteiger partial charge on any atom is -0.389 e. The van der Waals surface area contributed by atoms with E-state index in [4.69, 9.17) is 4.74 Å². The van der Waals surface area contributed by atoms with E-state index in [1.807, 2.05) is 18.7 Å². The summed E-state index contributed by atoms with van der Waals surface area (Å²) in [5.41, 5.74) is 0. The number of carbonyl (C=O) groups is 1. The van der Waals surface area contributed by atoms with Gasteiger partial charge in [-0.15, -0.1) is 24.0 Å². The van der Waals surface area contributed by atoms with E-state index in [1.165, 1.54) is 0 Å². The van der Waals surface area contributed by atoms with Crippen molar-refractivity contribution in [3.05, 3.63) is 0 Å². The highest BCUT2D eigenvalue weighted by Crippen LogP contribution is 2.10. The molecule has 1 aliphatic heterocycles. The quantitative estimate of drug-likeness (QED) is 0.268. The van der Waals surface area contributed by atoms with Crippen LogP contribution in [0.2, 0.25) is 0 Å². The van der Waals surface area contributed by atoms with Gasteiger partial charge in [-0.25, -0.2) is 0 Å². The average Bonchev–Trinajstić information content (AvgIpc) is 3.00. The summed E-state index contributed by atoms with van der Waals surface area (Å²) in [5.74, 6) is 1.33. The number of guanidine groups is 1. The number of carbonyl (C=O) groups excluding carboxylic acids is 1. The molecule has 25 heavy (non-hydrogen) atoms. The van der Waals surface area contributed by atoms with Gasteiger partial charge < -0.3 is 25.4 Å². The first-order valence-electron chi connectivity index (χ1n) is 9.04. The van der Waals surface area contributed by atoms with E-state index < -0.39 is 6.10 Å². The van der Waals surface area contributed by atoms with Crippen molar-refractivity contribution in [1.29, 1.82) is 0 Å². The largest absolute Gasteiger partial charge is 0.389 e. The van der Waals surface area contributed by atoms with Gasteiger partial charge in [-0.1, -0.05) is 20.8 Å². The topological polar surface area (TPSA) is 86.2 Å². The number of halogens is 1. The van der Waals surface area contributed by atoms with Crippen LogP contribution >= 0.6 is 24.0 Å². The van der Waals surface area contributed by atoms with Crippen molar-refractivity contribution in [3.63, 3.8) is 0 Å². The van der Waals surface area contributed by atoms with Crippen molar-refractivity contribution in [2.75, 3.05) is 39.4 Å². The maximum atomic E-state index is 11.7. The Bertz CT molecular complexity index is 407. The minimum atomic E-state index is -0.610. The van der Waals surface area contributed by atoms with E-state index in [9.17, 15) is 9.90 Å². The number of rotatable bonds is 9. The Morgan fingerprint density at radius 3 is 2.68 bits per heavy atom. The lowest BCUT2D eigenvalue weighted by atomic mass is 10.2. The van der Waals surface area contributed by atoms with Crippen LogP contribution in [0.25, 0.3) is 0 Å². The molecule has 8 heteroatoms. The van der Waals surface area contributed by atoms with Crippen molar-refractivity contribution in [3.8, 4) is 0 Å². The third-order valence-corrected chi connectivity index (χ3v) is 3.75. The zero-order valence-electron chi connectivity index (χ0n) is 16.0. The average molecular weight is 470 g/mol. The van der Waals surface area contributed by atoms with E-state index in [-0.39, 0.29) is 42.5 Å². The van der Waals surface area contributed by atoms with Crippen LogP contribution in [0.3, 0.4) is 0 Å². The number of hydrogen-bond donors (Lipinski definition) is 3. The number of aliphatic imine (C=N–C) groups is 1. The highest BCUT2D eigenvalue weighted by molar-refractivity contribution is 14.0. The van der Waals surface area contributed by atoms with Gasteiger partial charge in [0, 0.05) is 38.7 Å². The summed E-state index contributed by atoms with van der Waals surface area (Å²) in [6.45, 7) is 11.5. The lowest BCUT2D eigenvalue weighted by molar-refractivity contribution is -0.129. The zero-order valence-corrected chi connectivity index (χ0v) is 18.3. The van der Waals surface area contributed by atoms with Crippen LogP contribution < -0.4 is 10.6 Å². The second-order valence-corrected chi connectivity index (χ2v) is 6.63. The van der Waals surface area contributed by atoms with Crippen LogP contribution in [0, 0.1) is 5.92 Å². The first-order chi connectivity index (χ1) is 11.5. The normalized spacial score (nSPS) is 18.9. The Morgan fingerprint density at radius 2 is 2.08 bits per heavy atom. The molecule has 0 aromatic heterocycles. The molecule has 1 fully saturated rings. The Balaban J connectivity index is 0.00000576. The fourth-order valence-electron chi connectivity index (χ4n) is 2.53. The second kappa shape index (κ2) is 13.6. The molecule has 0 radical (unpaired) electrons. The van der Waals surface area contributed by atoms with Gasteiger partial charge in [-0.05, 0) is 19.3 Å². The molecule has 2 unspecified atom stereocenters. The smallest absolute Gasteiger partial charge is 0.222 e. The summed E-state index contributed by atoms with van der Waals surface area (Å²) in [6, 6.07) is 0.202. The summed E-state index contributed by atoms with van der Waals surface area (Å²) in [5, 5.41) is 16.5. The molecule has 1 heterocycles. The Kier molecular flexibility index (Phi) is 13.2. The SMILES string of the molecule is CCNC(=NCC(O)COCC(C)C)NC1CCN(C(=O)CC)C1.I. The number of hydrogen-bond acceptors (Lipinski definition) is 4. The molecule has 0 spiro atoms. The Labute approximate surface area is 169 Å². The molecule has 1 aliphatic rings. The van der Waals surface area contributed by atoms with Crippen LogP contribution in [0.15, 0.2) is 4.99 Å². The van der Waals surface area contributed by atoms with E-state index in [1.54, 1.807) is 0 Å². The Hall–Kier alpha value is -0.610. The number of aliphatic hydroxyl groups excluding tert-OH is 1. The standard InChI is InChI=1S/C17H34N4O3.HI/c1-5-16(23)21-8-7-14(10-21)20-17(18-6-2)19-9-15(22)12-24-11-13(3)4;/h13-15,22H,5-12H2,1-4H3,(H2,18,19,20);1H. The predicted molar refractivity (Wildman–Crippen MR) is 111 cm³/mol. The molecular formula is C17H35IN4O3. The van der Waals surface area contributed by atoms with Gasteiger partial charge in [0.05, 0.1) is 19.3 Å². The van der Waals surface area contributed by atoms with E-state index in [0.29, 0.717) is 38.1 Å². The molecule has 0 aromatic carbocycles. The first-order valence-corrected chi connectivity index (χ1v) is 9.04. The zero-order chi connectivity index (χ0) is 17.9. The first kappa shape index (κ1) is 24.4. The number of nitrogens with one attached hydrogen (secondary N) is 2. The fourth-order valence-corrected chi connectivity index (χ4v) is 2.53. The minimum absolute atomic E-state index is 0. The second-order valence-electron chi connectivity index (χ2n) is 6.63. The maximum Gasteiger partial charge on any atom is 0.222 e. The highest BCUT2D eigenvalue weighted by Gasteiger charge is 2.25. The molecule has 0 aliphatic carbocycles. The van der Waals surface area contributed by atoms with Crippen molar-refractivity contribution in [1.82, 2.24) is 15.5 Å². The summed E-state index contributed by atoms with van der Waals surface area (Å²) < 4.78 is 5.43. The molecule has 1 saturated heterocycles. The Morgan fingerprint density at radius 1 is 1.36 bits per heavy atom. The molecule has 1 rings (SSSR count). The molecule has 0 aromatic rings. The van der Waals surface area contributed by atoms with Gasteiger partial charge in [-0.2, -0.15) is 0 Å². The van der Waals surface area contributed by atoms with E-state index in [0.717, 1.165) is 19.5 Å². The molecule has 1 amide bonds. The lowest BCUT2D eigenvalue weighted by Crippen LogP contribution is -2.45. The summed E-state index contributed by atoms with van der Waals surface area (Å²) in [6.07, 6.45) is 0.848. The predicted octanol–water partition coefficient (Wildman–Crippen LogP) is 1.20.